The molecule has 1 aliphatic rings. The van der Waals surface area contributed by atoms with Crippen molar-refractivity contribution in [2.75, 3.05) is 12.3 Å². The molecule has 1 aromatic heterocycles. The molecule has 1 unspecified atom stereocenters. The van der Waals surface area contributed by atoms with Crippen LogP contribution in [0.15, 0.2) is 12.1 Å². The molecule has 2 heterocycles. The van der Waals surface area contributed by atoms with Gasteiger partial charge in [-0.05, 0) is 31.9 Å². The lowest BCUT2D eigenvalue weighted by molar-refractivity contribution is 0.0742. The fourth-order valence-corrected chi connectivity index (χ4v) is 2.16. The summed E-state index contributed by atoms with van der Waals surface area (Å²) in [7, 11) is 0. The van der Waals surface area contributed by atoms with Crippen LogP contribution < -0.4 is 5.73 Å². The van der Waals surface area contributed by atoms with Gasteiger partial charge in [-0.3, -0.25) is 4.79 Å². The predicted molar refractivity (Wildman–Crippen MR) is 63.4 cm³/mol. The number of carbonyl (C=O) groups excluding carboxylic acids is 1. The summed E-state index contributed by atoms with van der Waals surface area (Å²) in [5.74, 6) is 0.196. The smallest absolute Gasteiger partial charge is 0.274 e. The van der Waals surface area contributed by atoms with E-state index >= 15 is 0 Å². The SMILES string of the molecule is CC1CCCN1C(=O)c1nc(N)ccc1Cl. The number of nitrogen functional groups attached to an aromatic ring is 1. The highest BCUT2D eigenvalue weighted by Crippen LogP contribution is 2.22. The minimum atomic E-state index is -0.123. The van der Waals surface area contributed by atoms with Crippen molar-refractivity contribution in [3.05, 3.63) is 22.8 Å². The van der Waals surface area contributed by atoms with Gasteiger partial charge in [0.05, 0.1) is 5.02 Å². The van der Waals surface area contributed by atoms with Gasteiger partial charge in [-0.15, -0.1) is 0 Å². The van der Waals surface area contributed by atoms with E-state index in [0.29, 0.717) is 10.8 Å². The predicted octanol–water partition coefficient (Wildman–Crippen LogP) is 1.94. The molecule has 2 rings (SSSR count). The molecule has 1 saturated heterocycles. The Labute approximate surface area is 99.4 Å². The standard InChI is InChI=1S/C11H14ClN3O/c1-7-3-2-6-15(7)11(16)10-8(12)4-5-9(13)14-10/h4-5,7H,2-3,6H2,1H3,(H2,13,14). The second-order valence-electron chi connectivity index (χ2n) is 4.06. The third-order valence-corrected chi connectivity index (χ3v) is 3.19. The highest BCUT2D eigenvalue weighted by molar-refractivity contribution is 6.33. The zero-order valence-electron chi connectivity index (χ0n) is 9.11. The first-order valence-electron chi connectivity index (χ1n) is 5.32. The van der Waals surface area contributed by atoms with Crippen molar-refractivity contribution in [3.8, 4) is 0 Å². The summed E-state index contributed by atoms with van der Waals surface area (Å²) in [4.78, 5) is 18.0. The zero-order chi connectivity index (χ0) is 11.7. The lowest BCUT2D eigenvalue weighted by atomic mass is 10.2. The molecule has 0 saturated carbocycles. The van der Waals surface area contributed by atoms with Gasteiger partial charge in [0, 0.05) is 12.6 Å². The number of aromatic nitrogens is 1. The molecule has 16 heavy (non-hydrogen) atoms. The first kappa shape index (κ1) is 11.2. The third kappa shape index (κ3) is 1.97. The van der Waals surface area contributed by atoms with Crippen molar-refractivity contribution in [1.29, 1.82) is 0 Å². The summed E-state index contributed by atoms with van der Waals surface area (Å²) >= 11 is 5.95. The monoisotopic (exact) mass is 239 g/mol. The number of halogens is 1. The maximum Gasteiger partial charge on any atom is 0.274 e. The van der Waals surface area contributed by atoms with E-state index in [1.54, 1.807) is 17.0 Å². The number of anilines is 1. The number of carbonyl (C=O) groups is 1. The maximum absolute atomic E-state index is 12.2. The van der Waals surface area contributed by atoms with Crippen LogP contribution >= 0.6 is 11.6 Å². The molecule has 0 aliphatic carbocycles. The first-order chi connectivity index (χ1) is 7.59. The van der Waals surface area contributed by atoms with E-state index in [1.807, 2.05) is 6.92 Å². The molecule has 5 heteroatoms. The van der Waals surface area contributed by atoms with Crippen LogP contribution in [-0.2, 0) is 0 Å². The Balaban J connectivity index is 2.29. The molecule has 4 nitrogen and oxygen atoms in total. The molecule has 0 radical (unpaired) electrons. The summed E-state index contributed by atoms with van der Waals surface area (Å²) in [6.45, 7) is 2.80. The first-order valence-corrected chi connectivity index (χ1v) is 5.70. The van der Waals surface area contributed by atoms with Gasteiger partial charge in [0.2, 0.25) is 0 Å². The van der Waals surface area contributed by atoms with Crippen LogP contribution in [-0.4, -0.2) is 28.4 Å². The quantitative estimate of drug-likeness (QED) is 0.815. The Hall–Kier alpha value is -1.29. The summed E-state index contributed by atoms with van der Waals surface area (Å²) in [5.41, 5.74) is 5.82. The lowest BCUT2D eigenvalue weighted by Crippen LogP contribution is -2.34. The Kier molecular flexibility index (Phi) is 3.01. The van der Waals surface area contributed by atoms with Gasteiger partial charge in [-0.2, -0.15) is 0 Å². The van der Waals surface area contributed by atoms with Gasteiger partial charge in [-0.1, -0.05) is 11.6 Å². The van der Waals surface area contributed by atoms with Gasteiger partial charge in [0.15, 0.2) is 0 Å². The van der Waals surface area contributed by atoms with E-state index in [0.717, 1.165) is 19.4 Å². The van der Waals surface area contributed by atoms with Crippen LogP contribution in [0.25, 0.3) is 0 Å². The number of likely N-dealkylation sites (tertiary alicyclic amines) is 1. The molecule has 1 amide bonds. The average molecular weight is 240 g/mol. The number of hydrogen-bond acceptors (Lipinski definition) is 3. The number of amides is 1. The Morgan fingerprint density at radius 1 is 1.62 bits per heavy atom. The molecular formula is C11H14ClN3O. The molecule has 86 valence electrons. The van der Waals surface area contributed by atoms with Crippen LogP contribution in [0, 0.1) is 0 Å². The highest BCUT2D eigenvalue weighted by Gasteiger charge is 2.28. The van der Waals surface area contributed by atoms with E-state index in [1.165, 1.54) is 0 Å². The van der Waals surface area contributed by atoms with Crippen LogP contribution in [0.2, 0.25) is 5.02 Å². The van der Waals surface area contributed by atoms with E-state index < -0.39 is 0 Å². The van der Waals surface area contributed by atoms with Gasteiger partial charge >= 0.3 is 0 Å². The van der Waals surface area contributed by atoms with E-state index in [4.69, 9.17) is 17.3 Å². The Bertz CT molecular complexity index is 422. The number of nitrogens with two attached hydrogens (primary N) is 1. The molecule has 1 aliphatic heterocycles. The minimum absolute atomic E-state index is 0.123. The molecule has 0 bridgehead atoms. The number of rotatable bonds is 1. The average Bonchev–Trinajstić information content (AvgIpc) is 2.67. The van der Waals surface area contributed by atoms with Gasteiger partial charge < -0.3 is 10.6 Å². The topological polar surface area (TPSA) is 59.2 Å². The van der Waals surface area contributed by atoms with E-state index in [2.05, 4.69) is 4.98 Å². The second kappa shape index (κ2) is 4.29. The van der Waals surface area contributed by atoms with Crippen LogP contribution in [0.3, 0.4) is 0 Å². The molecular weight excluding hydrogens is 226 g/mol. The van der Waals surface area contributed by atoms with E-state index in [-0.39, 0.29) is 17.6 Å². The third-order valence-electron chi connectivity index (χ3n) is 2.88. The largest absolute Gasteiger partial charge is 0.384 e. The highest BCUT2D eigenvalue weighted by atomic mass is 35.5. The van der Waals surface area contributed by atoms with Crippen molar-refractivity contribution in [1.82, 2.24) is 9.88 Å². The van der Waals surface area contributed by atoms with Gasteiger partial charge in [0.1, 0.15) is 11.5 Å². The number of hydrogen-bond donors (Lipinski definition) is 1. The van der Waals surface area contributed by atoms with Crippen molar-refractivity contribution >= 4 is 23.3 Å². The number of pyridine rings is 1. The molecule has 1 aromatic rings. The molecule has 1 fully saturated rings. The van der Waals surface area contributed by atoms with Crippen molar-refractivity contribution in [3.63, 3.8) is 0 Å². The summed E-state index contributed by atoms with van der Waals surface area (Å²) < 4.78 is 0. The Morgan fingerprint density at radius 3 is 3.00 bits per heavy atom. The zero-order valence-corrected chi connectivity index (χ0v) is 9.87. The molecule has 2 N–H and O–H groups in total. The van der Waals surface area contributed by atoms with Gasteiger partial charge in [-0.25, -0.2) is 4.98 Å². The summed E-state index contributed by atoms with van der Waals surface area (Å²) in [6, 6.07) is 3.46. The maximum atomic E-state index is 12.2. The molecule has 0 spiro atoms. The fraction of sp³-hybridized carbons (Fsp3) is 0.455. The van der Waals surface area contributed by atoms with E-state index in [9.17, 15) is 4.79 Å². The lowest BCUT2D eigenvalue weighted by Gasteiger charge is -2.21. The molecule has 1 atom stereocenters. The second-order valence-corrected chi connectivity index (χ2v) is 4.46. The Morgan fingerprint density at radius 2 is 2.38 bits per heavy atom. The molecule has 0 aromatic carbocycles. The van der Waals surface area contributed by atoms with Crippen LogP contribution in [0.1, 0.15) is 30.3 Å². The number of nitrogens with zero attached hydrogens (tertiary/aromatic N) is 2. The fourth-order valence-electron chi connectivity index (χ4n) is 1.98. The van der Waals surface area contributed by atoms with Crippen LogP contribution in [0.5, 0.6) is 0 Å². The summed E-state index contributed by atoms with van der Waals surface area (Å²) in [5, 5.41) is 0.360. The van der Waals surface area contributed by atoms with Crippen LogP contribution in [0.4, 0.5) is 5.82 Å². The van der Waals surface area contributed by atoms with Crippen molar-refractivity contribution < 1.29 is 4.79 Å². The van der Waals surface area contributed by atoms with Crippen molar-refractivity contribution in [2.45, 2.75) is 25.8 Å². The van der Waals surface area contributed by atoms with Crippen molar-refractivity contribution in [2.24, 2.45) is 0 Å². The minimum Gasteiger partial charge on any atom is -0.384 e. The summed E-state index contributed by atoms with van der Waals surface area (Å²) in [6.07, 6.45) is 2.07. The van der Waals surface area contributed by atoms with Gasteiger partial charge in [0.25, 0.3) is 5.91 Å². The normalized spacial score (nSPS) is 20.1.